The maximum atomic E-state index is 12.1. The summed E-state index contributed by atoms with van der Waals surface area (Å²) in [6, 6.07) is 12.9. The molecule has 0 aliphatic rings. The zero-order valence-electron chi connectivity index (χ0n) is 15.6. The molecule has 27 heavy (non-hydrogen) atoms. The van der Waals surface area contributed by atoms with Crippen molar-refractivity contribution in [3.63, 3.8) is 0 Å². The maximum Gasteiger partial charge on any atom is 0.422 e. The SMILES string of the molecule is CC(C)(C)c1ccc(OCCCn2c(=O)oc(=O)c3cccc(Cl)c32)cc1. The number of benzene rings is 2. The molecule has 0 radical (unpaired) electrons. The minimum Gasteiger partial charge on any atom is -0.494 e. The summed E-state index contributed by atoms with van der Waals surface area (Å²) in [5.41, 5.74) is 1.05. The highest BCUT2D eigenvalue weighted by Crippen LogP contribution is 2.24. The van der Waals surface area contributed by atoms with Gasteiger partial charge in [0.15, 0.2) is 0 Å². The summed E-state index contributed by atoms with van der Waals surface area (Å²) in [5.74, 6) is 0.0629. The third kappa shape index (κ3) is 4.25. The van der Waals surface area contributed by atoms with Crippen molar-refractivity contribution in [1.82, 2.24) is 4.57 Å². The quantitative estimate of drug-likeness (QED) is 0.610. The van der Waals surface area contributed by atoms with Crippen molar-refractivity contribution in [2.75, 3.05) is 6.61 Å². The second-order valence-electron chi connectivity index (χ2n) is 7.42. The van der Waals surface area contributed by atoms with Crippen molar-refractivity contribution in [3.05, 3.63) is 74.0 Å². The van der Waals surface area contributed by atoms with Crippen LogP contribution < -0.4 is 16.1 Å². The van der Waals surface area contributed by atoms with E-state index in [0.29, 0.717) is 35.5 Å². The van der Waals surface area contributed by atoms with Crippen molar-refractivity contribution < 1.29 is 9.15 Å². The molecule has 0 aliphatic carbocycles. The Morgan fingerprint density at radius 3 is 2.44 bits per heavy atom. The Morgan fingerprint density at radius 1 is 1.07 bits per heavy atom. The van der Waals surface area contributed by atoms with Crippen molar-refractivity contribution in [3.8, 4) is 5.75 Å². The second-order valence-corrected chi connectivity index (χ2v) is 7.83. The van der Waals surface area contributed by atoms with Gasteiger partial charge in [0.05, 0.1) is 22.5 Å². The number of aromatic nitrogens is 1. The number of nitrogens with zero attached hydrogens (tertiary/aromatic N) is 1. The summed E-state index contributed by atoms with van der Waals surface area (Å²) >= 11 is 6.19. The van der Waals surface area contributed by atoms with E-state index in [-0.39, 0.29) is 5.41 Å². The first-order valence-electron chi connectivity index (χ1n) is 8.83. The van der Waals surface area contributed by atoms with Gasteiger partial charge in [0.1, 0.15) is 5.75 Å². The smallest absolute Gasteiger partial charge is 0.422 e. The number of halogens is 1. The lowest BCUT2D eigenvalue weighted by Gasteiger charge is -2.19. The first kappa shape index (κ1) is 19.2. The average molecular weight is 388 g/mol. The fourth-order valence-corrected chi connectivity index (χ4v) is 3.18. The minimum atomic E-state index is -0.713. The molecule has 1 heterocycles. The highest BCUT2D eigenvalue weighted by molar-refractivity contribution is 6.35. The molecule has 1 aromatic heterocycles. The van der Waals surface area contributed by atoms with Gasteiger partial charge >= 0.3 is 11.4 Å². The van der Waals surface area contributed by atoms with Gasteiger partial charge in [-0.3, -0.25) is 4.57 Å². The molecular weight excluding hydrogens is 366 g/mol. The van der Waals surface area contributed by atoms with E-state index in [2.05, 4.69) is 32.9 Å². The molecule has 5 nitrogen and oxygen atoms in total. The van der Waals surface area contributed by atoms with Crippen molar-refractivity contribution in [2.24, 2.45) is 0 Å². The summed E-state index contributed by atoms with van der Waals surface area (Å²) < 4.78 is 11.9. The molecule has 6 heteroatoms. The van der Waals surface area contributed by atoms with Crippen LogP contribution in [-0.2, 0) is 12.0 Å². The zero-order chi connectivity index (χ0) is 19.6. The Hall–Kier alpha value is -2.53. The van der Waals surface area contributed by atoms with Gasteiger partial charge in [-0.25, -0.2) is 9.59 Å². The van der Waals surface area contributed by atoms with Crippen LogP contribution in [0.25, 0.3) is 10.9 Å². The van der Waals surface area contributed by atoms with E-state index in [4.69, 9.17) is 20.8 Å². The van der Waals surface area contributed by atoms with Crippen molar-refractivity contribution in [2.45, 2.75) is 39.2 Å². The van der Waals surface area contributed by atoms with Gasteiger partial charge in [-0.15, -0.1) is 0 Å². The van der Waals surface area contributed by atoms with Crippen LogP contribution in [0.2, 0.25) is 5.02 Å². The molecule has 142 valence electrons. The van der Waals surface area contributed by atoms with Crippen molar-refractivity contribution in [1.29, 1.82) is 0 Å². The van der Waals surface area contributed by atoms with E-state index in [1.54, 1.807) is 18.2 Å². The first-order valence-corrected chi connectivity index (χ1v) is 9.21. The molecule has 0 N–H and O–H groups in total. The molecule has 0 saturated carbocycles. The van der Waals surface area contributed by atoms with Crippen LogP contribution in [0, 0.1) is 0 Å². The predicted octanol–water partition coefficient (Wildman–Crippen LogP) is 4.37. The van der Waals surface area contributed by atoms with Gasteiger partial charge < -0.3 is 9.15 Å². The Bertz CT molecular complexity index is 1060. The summed E-state index contributed by atoms with van der Waals surface area (Å²) in [6.07, 6.45) is 0.564. The van der Waals surface area contributed by atoms with Gasteiger partial charge in [-0.1, -0.05) is 50.6 Å². The van der Waals surface area contributed by atoms with Gasteiger partial charge in [0.25, 0.3) is 0 Å². The normalized spacial score (nSPS) is 11.7. The monoisotopic (exact) mass is 387 g/mol. The Labute approximate surface area is 162 Å². The lowest BCUT2D eigenvalue weighted by Crippen LogP contribution is -2.26. The van der Waals surface area contributed by atoms with Crippen LogP contribution in [0.4, 0.5) is 0 Å². The number of aryl methyl sites for hydroxylation is 1. The van der Waals surface area contributed by atoms with Crippen molar-refractivity contribution >= 4 is 22.5 Å². The topological polar surface area (TPSA) is 61.4 Å². The van der Waals surface area contributed by atoms with E-state index in [0.717, 1.165) is 5.75 Å². The lowest BCUT2D eigenvalue weighted by atomic mass is 9.87. The van der Waals surface area contributed by atoms with Crippen LogP contribution in [-0.4, -0.2) is 11.2 Å². The van der Waals surface area contributed by atoms with E-state index < -0.39 is 11.4 Å². The Balaban J connectivity index is 1.70. The van der Waals surface area contributed by atoms with Crippen LogP contribution in [0.5, 0.6) is 5.75 Å². The standard InChI is InChI=1S/C21H22ClNO4/c1-21(2,3)14-8-10-15(11-9-14)26-13-5-12-23-18-16(6-4-7-17(18)22)19(24)27-20(23)25/h4,6-11H,5,12-13H2,1-3H3. The van der Waals surface area contributed by atoms with Gasteiger partial charge in [-0.05, 0) is 41.7 Å². The number of para-hydroxylation sites is 1. The molecule has 0 bridgehead atoms. The van der Waals surface area contributed by atoms with Crippen LogP contribution in [0.3, 0.4) is 0 Å². The van der Waals surface area contributed by atoms with Gasteiger partial charge in [-0.2, -0.15) is 0 Å². The van der Waals surface area contributed by atoms with Gasteiger partial charge in [0, 0.05) is 6.54 Å². The fourth-order valence-electron chi connectivity index (χ4n) is 2.90. The minimum absolute atomic E-state index is 0.0945. The molecule has 0 saturated heterocycles. The molecular formula is C21H22ClNO4. The fraction of sp³-hybridized carbons (Fsp3) is 0.333. The Kier molecular flexibility index (Phi) is 5.42. The number of rotatable bonds is 5. The number of ether oxygens (including phenoxy) is 1. The highest BCUT2D eigenvalue weighted by Gasteiger charge is 2.14. The molecule has 0 aliphatic heterocycles. The van der Waals surface area contributed by atoms with Crippen LogP contribution in [0.1, 0.15) is 32.8 Å². The predicted molar refractivity (Wildman–Crippen MR) is 107 cm³/mol. The third-order valence-corrected chi connectivity index (χ3v) is 4.70. The number of hydrogen-bond acceptors (Lipinski definition) is 4. The van der Waals surface area contributed by atoms with Gasteiger partial charge in [0.2, 0.25) is 0 Å². The first-order chi connectivity index (χ1) is 12.8. The Morgan fingerprint density at radius 2 is 1.78 bits per heavy atom. The van der Waals surface area contributed by atoms with E-state index in [1.807, 2.05) is 12.1 Å². The number of hydrogen-bond donors (Lipinski definition) is 0. The summed E-state index contributed by atoms with van der Waals surface area (Å²) in [6.45, 7) is 7.24. The van der Waals surface area contributed by atoms with E-state index >= 15 is 0 Å². The van der Waals surface area contributed by atoms with Crippen LogP contribution in [0.15, 0.2) is 56.5 Å². The summed E-state index contributed by atoms with van der Waals surface area (Å²) in [5, 5.41) is 0.636. The molecule has 0 amide bonds. The third-order valence-electron chi connectivity index (χ3n) is 4.39. The lowest BCUT2D eigenvalue weighted by molar-refractivity contribution is 0.296. The second kappa shape index (κ2) is 7.61. The molecule has 3 rings (SSSR count). The molecule has 2 aromatic carbocycles. The maximum absolute atomic E-state index is 12.1. The summed E-state index contributed by atoms with van der Waals surface area (Å²) in [7, 11) is 0. The number of fused-ring (bicyclic) bond motifs is 1. The van der Waals surface area contributed by atoms with E-state index in [9.17, 15) is 9.59 Å². The highest BCUT2D eigenvalue weighted by atomic mass is 35.5. The van der Waals surface area contributed by atoms with E-state index in [1.165, 1.54) is 10.1 Å². The molecule has 0 spiro atoms. The molecule has 0 unspecified atom stereocenters. The molecule has 0 fully saturated rings. The average Bonchev–Trinajstić information content (AvgIpc) is 2.61. The zero-order valence-corrected chi connectivity index (χ0v) is 16.4. The summed E-state index contributed by atoms with van der Waals surface area (Å²) in [4.78, 5) is 24.0. The molecule has 0 atom stereocenters. The van der Waals surface area contributed by atoms with Crippen LogP contribution >= 0.6 is 11.6 Å². The largest absolute Gasteiger partial charge is 0.494 e. The molecule has 3 aromatic rings.